The molecule has 0 saturated heterocycles. The van der Waals surface area contributed by atoms with Crippen LogP contribution in [0.4, 0.5) is 0 Å². The molecule has 1 N–H and O–H groups in total. The monoisotopic (exact) mass is 248 g/mol. The number of benzene rings is 1. The van der Waals surface area contributed by atoms with Gasteiger partial charge in [-0.25, -0.2) is 0 Å². The largest absolute Gasteiger partial charge is 0.497 e. The molecule has 0 radical (unpaired) electrons. The Morgan fingerprint density at radius 1 is 1.06 bits per heavy atom. The maximum absolute atomic E-state index is 10.4. The molecule has 2 rings (SSSR count). The average Bonchev–Trinajstić information content (AvgIpc) is 2.46. The van der Waals surface area contributed by atoms with Crippen molar-refractivity contribution in [2.45, 2.75) is 31.8 Å². The summed E-state index contributed by atoms with van der Waals surface area (Å²) in [7, 11) is 3.23. The van der Waals surface area contributed by atoms with E-state index in [-0.39, 0.29) is 0 Å². The molecule has 0 fully saturated rings. The van der Waals surface area contributed by atoms with Crippen LogP contribution in [0.25, 0.3) is 0 Å². The van der Waals surface area contributed by atoms with Crippen LogP contribution in [0.3, 0.4) is 0 Å². The summed E-state index contributed by atoms with van der Waals surface area (Å²) in [5.74, 6) is 1.42. The third kappa shape index (κ3) is 2.85. The van der Waals surface area contributed by atoms with Crippen LogP contribution in [-0.2, 0) is 0 Å². The second kappa shape index (κ2) is 5.91. The van der Waals surface area contributed by atoms with Gasteiger partial charge < -0.3 is 14.6 Å². The van der Waals surface area contributed by atoms with Crippen LogP contribution in [0, 0.1) is 0 Å². The van der Waals surface area contributed by atoms with Gasteiger partial charge in [-0.05, 0) is 49.0 Å². The highest BCUT2D eigenvalue weighted by molar-refractivity contribution is 5.41. The van der Waals surface area contributed by atoms with Gasteiger partial charge in [0.15, 0.2) is 0 Å². The molecule has 1 aromatic carbocycles. The average molecular weight is 248 g/mol. The first kappa shape index (κ1) is 13.0. The summed E-state index contributed by atoms with van der Waals surface area (Å²) >= 11 is 0. The van der Waals surface area contributed by atoms with Crippen molar-refractivity contribution in [2.75, 3.05) is 14.2 Å². The fourth-order valence-electron chi connectivity index (χ4n) is 2.31. The lowest BCUT2D eigenvalue weighted by Gasteiger charge is -2.20. The molecule has 1 unspecified atom stereocenters. The van der Waals surface area contributed by atoms with E-state index in [1.54, 1.807) is 14.2 Å². The molecular weight excluding hydrogens is 228 g/mol. The van der Waals surface area contributed by atoms with E-state index < -0.39 is 6.10 Å². The third-order valence-electron chi connectivity index (χ3n) is 3.37. The maximum atomic E-state index is 10.4. The molecule has 0 amide bonds. The number of aliphatic hydroxyl groups excluding tert-OH is 1. The lowest BCUT2D eigenvalue weighted by atomic mass is 9.91. The smallest absolute Gasteiger partial charge is 0.122 e. The van der Waals surface area contributed by atoms with E-state index in [1.165, 1.54) is 6.42 Å². The van der Waals surface area contributed by atoms with Gasteiger partial charge in [-0.1, -0.05) is 6.08 Å². The standard InChI is InChI=1S/C15H20O3/c1-17-13-8-12(9-14(10-13)18-2)15(16)11-6-4-3-5-7-11/h6,8-10,15-16H,3-5,7H2,1-2H3. The highest BCUT2D eigenvalue weighted by Gasteiger charge is 2.17. The Hall–Kier alpha value is -1.48. The quantitative estimate of drug-likeness (QED) is 0.831. The van der Waals surface area contributed by atoms with Crippen molar-refractivity contribution < 1.29 is 14.6 Å². The SMILES string of the molecule is COc1cc(OC)cc(C(O)C2=CCCCC2)c1. The van der Waals surface area contributed by atoms with Gasteiger partial charge in [0, 0.05) is 6.07 Å². The number of hydrogen-bond donors (Lipinski definition) is 1. The van der Waals surface area contributed by atoms with Gasteiger partial charge in [-0.15, -0.1) is 0 Å². The zero-order valence-electron chi connectivity index (χ0n) is 11.0. The van der Waals surface area contributed by atoms with Gasteiger partial charge in [0.1, 0.15) is 17.6 Å². The first-order valence-electron chi connectivity index (χ1n) is 6.34. The van der Waals surface area contributed by atoms with E-state index in [9.17, 15) is 5.11 Å². The highest BCUT2D eigenvalue weighted by atomic mass is 16.5. The minimum Gasteiger partial charge on any atom is -0.497 e. The van der Waals surface area contributed by atoms with E-state index >= 15 is 0 Å². The molecule has 18 heavy (non-hydrogen) atoms. The fourth-order valence-corrected chi connectivity index (χ4v) is 2.31. The first-order chi connectivity index (χ1) is 8.74. The topological polar surface area (TPSA) is 38.7 Å². The van der Waals surface area contributed by atoms with Crippen LogP contribution in [0.15, 0.2) is 29.8 Å². The molecule has 3 heteroatoms. The molecule has 0 aliphatic heterocycles. The summed E-state index contributed by atoms with van der Waals surface area (Å²) in [6, 6.07) is 5.54. The van der Waals surface area contributed by atoms with Crippen molar-refractivity contribution in [3.8, 4) is 11.5 Å². The zero-order chi connectivity index (χ0) is 13.0. The van der Waals surface area contributed by atoms with E-state index in [4.69, 9.17) is 9.47 Å². The lowest BCUT2D eigenvalue weighted by Crippen LogP contribution is -2.05. The highest BCUT2D eigenvalue weighted by Crippen LogP contribution is 2.33. The lowest BCUT2D eigenvalue weighted by molar-refractivity contribution is 0.207. The van der Waals surface area contributed by atoms with E-state index in [2.05, 4.69) is 6.08 Å². The molecule has 1 aromatic rings. The number of methoxy groups -OCH3 is 2. The summed E-state index contributed by atoms with van der Waals surface area (Å²) in [5, 5.41) is 10.4. The van der Waals surface area contributed by atoms with E-state index in [1.807, 2.05) is 18.2 Å². The third-order valence-corrected chi connectivity index (χ3v) is 3.37. The van der Waals surface area contributed by atoms with Crippen molar-refractivity contribution in [3.63, 3.8) is 0 Å². The number of aliphatic hydroxyl groups is 1. The number of allylic oxidation sites excluding steroid dienone is 1. The molecule has 0 saturated carbocycles. The van der Waals surface area contributed by atoms with Gasteiger partial charge in [0.2, 0.25) is 0 Å². The van der Waals surface area contributed by atoms with Crippen molar-refractivity contribution in [3.05, 3.63) is 35.4 Å². The second-order valence-electron chi connectivity index (χ2n) is 4.57. The Bertz CT molecular complexity index is 415. The summed E-state index contributed by atoms with van der Waals surface area (Å²) in [6.45, 7) is 0. The van der Waals surface area contributed by atoms with Crippen LogP contribution < -0.4 is 9.47 Å². The van der Waals surface area contributed by atoms with Crippen LogP contribution >= 0.6 is 0 Å². The van der Waals surface area contributed by atoms with Crippen LogP contribution in [0.1, 0.15) is 37.4 Å². The molecule has 0 bridgehead atoms. The van der Waals surface area contributed by atoms with Gasteiger partial charge in [-0.3, -0.25) is 0 Å². The van der Waals surface area contributed by atoms with Crippen LogP contribution in [-0.4, -0.2) is 19.3 Å². The summed E-state index contributed by atoms with van der Waals surface area (Å²) < 4.78 is 10.4. The molecule has 0 spiro atoms. The molecule has 3 nitrogen and oxygen atoms in total. The molecule has 0 heterocycles. The molecule has 1 aliphatic rings. The van der Waals surface area contributed by atoms with Crippen molar-refractivity contribution in [2.24, 2.45) is 0 Å². The minimum atomic E-state index is -0.547. The maximum Gasteiger partial charge on any atom is 0.122 e. The Kier molecular flexibility index (Phi) is 4.26. The predicted octanol–water partition coefficient (Wildman–Crippen LogP) is 3.24. The molecule has 98 valence electrons. The van der Waals surface area contributed by atoms with Gasteiger partial charge >= 0.3 is 0 Å². The summed E-state index contributed by atoms with van der Waals surface area (Å²) in [5.41, 5.74) is 1.94. The van der Waals surface area contributed by atoms with Gasteiger partial charge in [0.05, 0.1) is 14.2 Å². The van der Waals surface area contributed by atoms with E-state index in [0.717, 1.165) is 30.4 Å². The molecular formula is C15H20O3. The molecule has 1 aliphatic carbocycles. The molecule has 1 atom stereocenters. The Labute approximate surface area is 108 Å². The van der Waals surface area contributed by atoms with E-state index in [0.29, 0.717) is 11.5 Å². The normalized spacial score (nSPS) is 16.9. The molecule has 0 aromatic heterocycles. The van der Waals surface area contributed by atoms with Gasteiger partial charge in [-0.2, -0.15) is 0 Å². The number of rotatable bonds is 4. The number of hydrogen-bond acceptors (Lipinski definition) is 3. The Morgan fingerprint density at radius 3 is 2.22 bits per heavy atom. The Balaban J connectivity index is 2.28. The van der Waals surface area contributed by atoms with Crippen molar-refractivity contribution in [1.29, 1.82) is 0 Å². The zero-order valence-corrected chi connectivity index (χ0v) is 11.0. The summed E-state index contributed by atoms with van der Waals surface area (Å²) in [6.07, 6.45) is 6.02. The minimum absolute atomic E-state index is 0.547. The number of ether oxygens (including phenoxy) is 2. The van der Waals surface area contributed by atoms with Gasteiger partial charge in [0.25, 0.3) is 0 Å². The van der Waals surface area contributed by atoms with Crippen molar-refractivity contribution >= 4 is 0 Å². The Morgan fingerprint density at radius 2 is 1.72 bits per heavy atom. The predicted molar refractivity (Wildman–Crippen MR) is 71.1 cm³/mol. The van der Waals surface area contributed by atoms with Crippen LogP contribution in [0.2, 0.25) is 0 Å². The summed E-state index contributed by atoms with van der Waals surface area (Å²) in [4.78, 5) is 0. The fraction of sp³-hybridized carbons (Fsp3) is 0.467. The first-order valence-corrected chi connectivity index (χ1v) is 6.34. The van der Waals surface area contributed by atoms with Crippen LogP contribution in [0.5, 0.6) is 11.5 Å². The van der Waals surface area contributed by atoms with Crippen molar-refractivity contribution in [1.82, 2.24) is 0 Å². The second-order valence-corrected chi connectivity index (χ2v) is 4.57.